The monoisotopic (exact) mass is 317 g/mol. The third-order valence-electron chi connectivity index (χ3n) is 3.23. The van der Waals surface area contributed by atoms with Crippen LogP contribution in [0.1, 0.15) is 22.2 Å². The number of fused-ring (bicyclic) bond motifs is 1. The van der Waals surface area contributed by atoms with Gasteiger partial charge in [0.15, 0.2) is 0 Å². The van der Waals surface area contributed by atoms with E-state index in [1.807, 2.05) is 38.1 Å². The molecular formula is C15H15N3OS2. The van der Waals surface area contributed by atoms with Crippen molar-refractivity contribution in [2.75, 3.05) is 12.3 Å². The van der Waals surface area contributed by atoms with Crippen LogP contribution in [0, 0.1) is 6.92 Å². The molecule has 3 rings (SSSR count). The fourth-order valence-corrected chi connectivity index (χ4v) is 4.38. The number of para-hydroxylation sites is 1. The fourth-order valence-electron chi connectivity index (χ4n) is 2.24. The maximum atomic E-state index is 12.1. The second-order valence-electron chi connectivity index (χ2n) is 4.64. The van der Waals surface area contributed by atoms with E-state index >= 15 is 0 Å². The van der Waals surface area contributed by atoms with Gasteiger partial charge in [0.25, 0.3) is 5.91 Å². The summed E-state index contributed by atoms with van der Waals surface area (Å²) in [6.45, 7) is 4.43. The summed E-state index contributed by atoms with van der Waals surface area (Å²) in [5.41, 5.74) is 8.89. The molecule has 0 saturated heterocycles. The first-order valence-electron chi connectivity index (χ1n) is 6.64. The average molecular weight is 317 g/mol. The van der Waals surface area contributed by atoms with Crippen LogP contribution in [0.3, 0.4) is 0 Å². The third kappa shape index (κ3) is 2.41. The molecule has 2 heterocycles. The van der Waals surface area contributed by atoms with E-state index in [1.165, 1.54) is 11.3 Å². The minimum absolute atomic E-state index is 0.0703. The summed E-state index contributed by atoms with van der Waals surface area (Å²) in [4.78, 5) is 17.4. The number of anilines is 1. The van der Waals surface area contributed by atoms with E-state index in [9.17, 15) is 4.79 Å². The number of nitrogens with zero attached hydrogens (tertiary/aromatic N) is 1. The van der Waals surface area contributed by atoms with E-state index in [0.29, 0.717) is 16.4 Å². The van der Waals surface area contributed by atoms with Crippen molar-refractivity contribution >= 4 is 43.8 Å². The number of thiophene rings is 1. The summed E-state index contributed by atoms with van der Waals surface area (Å²) in [7, 11) is 0. The summed E-state index contributed by atoms with van der Waals surface area (Å²) in [5, 5.41) is 4.34. The molecule has 4 nitrogen and oxygen atoms in total. The highest BCUT2D eigenvalue weighted by Gasteiger charge is 2.21. The van der Waals surface area contributed by atoms with Gasteiger partial charge in [0.2, 0.25) is 0 Å². The molecule has 3 aromatic rings. The van der Waals surface area contributed by atoms with Gasteiger partial charge in [-0.2, -0.15) is 0 Å². The van der Waals surface area contributed by atoms with Crippen molar-refractivity contribution in [1.29, 1.82) is 0 Å². The Balaban J connectivity index is 2.12. The van der Waals surface area contributed by atoms with Gasteiger partial charge in [-0.05, 0) is 31.5 Å². The Hall–Kier alpha value is -1.92. The highest BCUT2D eigenvalue weighted by Crippen LogP contribution is 2.41. The first-order chi connectivity index (χ1) is 10.1. The molecule has 0 radical (unpaired) electrons. The SMILES string of the molecule is CCNC(=O)c1sc(N)c(-c2nc3ccccc3s2)c1C. The van der Waals surface area contributed by atoms with Crippen molar-refractivity contribution < 1.29 is 4.79 Å². The Bertz CT molecular complexity index is 787. The summed E-state index contributed by atoms with van der Waals surface area (Å²) in [6.07, 6.45) is 0. The zero-order chi connectivity index (χ0) is 15.0. The predicted octanol–water partition coefficient (Wildman–Crippen LogP) is 3.67. The topological polar surface area (TPSA) is 68.0 Å². The van der Waals surface area contributed by atoms with Crippen molar-refractivity contribution in [3.8, 4) is 10.6 Å². The Labute approximate surface area is 130 Å². The van der Waals surface area contributed by atoms with Crippen LogP contribution in [-0.2, 0) is 0 Å². The smallest absolute Gasteiger partial charge is 0.261 e. The van der Waals surface area contributed by atoms with Crippen LogP contribution >= 0.6 is 22.7 Å². The number of carbonyl (C=O) groups excluding carboxylic acids is 1. The molecule has 0 spiro atoms. The fraction of sp³-hybridized carbons (Fsp3) is 0.200. The van der Waals surface area contributed by atoms with Gasteiger partial charge < -0.3 is 11.1 Å². The van der Waals surface area contributed by atoms with Gasteiger partial charge in [-0.15, -0.1) is 22.7 Å². The second-order valence-corrected chi connectivity index (χ2v) is 6.72. The maximum absolute atomic E-state index is 12.1. The molecule has 3 N–H and O–H groups in total. The van der Waals surface area contributed by atoms with Crippen LogP contribution in [0.4, 0.5) is 5.00 Å². The Morgan fingerprint density at radius 1 is 1.33 bits per heavy atom. The van der Waals surface area contributed by atoms with Crippen molar-refractivity contribution in [3.05, 3.63) is 34.7 Å². The molecule has 0 aliphatic rings. The normalized spacial score (nSPS) is 11.0. The van der Waals surface area contributed by atoms with E-state index in [2.05, 4.69) is 10.3 Å². The molecule has 108 valence electrons. The van der Waals surface area contributed by atoms with Crippen LogP contribution in [-0.4, -0.2) is 17.4 Å². The molecule has 21 heavy (non-hydrogen) atoms. The summed E-state index contributed by atoms with van der Waals surface area (Å²) >= 11 is 2.93. The van der Waals surface area contributed by atoms with Crippen molar-refractivity contribution in [3.63, 3.8) is 0 Å². The largest absolute Gasteiger partial charge is 0.390 e. The van der Waals surface area contributed by atoms with Gasteiger partial charge >= 0.3 is 0 Å². The lowest BCUT2D eigenvalue weighted by molar-refractivity contribution is 0.0959. The van der Waals surface area contributed by atoms with Gasteiger partial charge in [0.05, 0.1) is 20.1 Å². The van der Waals surface area contributed by atoms with Crippen LogP contribution in [0.5, 0.6) is 0 Å². The molecule has 0 unspecified atom stereocenters. The number of aromatic nitrogens is 1. The highest BCUT2D eigenvalue weighted by atomic mass is 32.1. The standard InChI is InChI=1S/C15H15N3OS2/c1-3-17-14(19)12-8(2)11(13(16)21-12)15-18-9-6-4-5-7-10(9)20-15/h4-7H,3,16H2,1-2H3,(H,17,19). The van der Waals surface area contributed by atoms with Gasteiger partial charge in [-0.3, -0.25) is 4.79 Å². The van der Waals surface area contributed by atoms with Gasteiger partial charge in [0.1, 0.15) is 5.01 Å². The maximum Gasteiger partial charge on any atom is 0.261 e. The quantitative estimate of drug-likeness (QED) is 0.774. The molecule has 6 heteroatoms. The number of thiazole rings is 1. The molecule has 1 aromatic carbocycles. The van der Waals surface area contributed by atoms with Crippen molar-refractivity contribution in [2.45, 2.75) is 13.8 Å². The number of hydrogen-bond acceptors (Lipinski definition) is 5. The second kappa shape index (κ2) is 5.46. The molecule has 0 saturated carbocycles. The molecule has 0 bridgehead atoms. The molecule has 0 aliphatic heterocycles. The van der Waals surface area contributed by atoms with E-state index in [4.69, 9.17) is 5.73 Å². The molecule has 0 aliphatic carbocycles. The molecule has 2 aromatic heterocycles. The van der Waals surface area contributed by atoms with Crippen molar-refractivity contribution in [2.24, 2.45) is 0 Å². The summed E-state index contributed by atoms with van der Waals surface area (Å²) in [6, 6.07) is 7.99. The third-order valence-corrected chi connectivity index (χ3v) is 5.40. The number of hydrogen-bond donors (Lipinski definition) is 2. The lowest BCUT2D eigenvalue weighted by atomic mass is 10.1. The number of benzene rings is 1. The van der Waals surface area contributed by atoms with Gasteiger partial charge in [0, 0.05) is 12.1 Å². The Morgan fingerprint density at radius 2 is 2.10 bits per heavy atom. The zero-order valence-electron chi connectivity index (χ0n) is 11.8. The number of nitrogen functional groups attached to an aromatic ring is 1. The summed E-state index contributed by atoms with van der Waals surface area (Å²) in [5.74, 6) is -0.0703. The Morgan fingerprint density at radius 3 is 2.81 bits per heavy atom. The first kappa shape index (κ1) is 14.0. The van der Waals surface area contributed by atoms with E-state index in [1.54, 1.807) is 11.3 Å². The van der Waals surface area contributed by atoms with Crippen LogP contribution < -0.4 is 11.1 Å². The molecular weight excluding hydrogens is 302 g/mol. The van der Waals surface area contributed by atoms with E-state index in [-0.39, 0.29) is 5.91 Å². The van der Waals surface area contributed by atoms with E-state index in [0.717, 1.165) is 26.4 Å². The van der Waals surface area contributed by atoms with Crippen LogP contribution in [0.25, 0.3) is 20.8 Å². The number of nitrogens with two attached hydrogens (primary N) is 1. The first-order valence-corrected chi connectivity index (χ1v) is 8.28. The number of amides is 1. The number of rotatable bonds is 3. The van der Waals surface area contributed by atoms with Gasteiger partial charge in [-0.1, -0.05) is 12.1 Å². The Kier molecular flexibility index (Phi) is 3.65. The lowest BCUT2D eigenvalue weighted by Gasteiger charge is -2.00. The predicted molar refractivity (Wildman–Crippen MR) is 90.1 cm³/mol. The van der Waals surface area contributed by atoms with E-state index < -0.39 is 0 Å². The molecule has 1 amide bonds. The summed E-state index contributed by atoms with van der Waals surface area (Å²) < 4.78 is 1.12. The van der Waals surface area contributed by atoms with Crippen LogP contribution in [0.15, 0.2) is 24.3 Å². The molecule has 0 fully saturated rings. The number of nitrogens with one attached hydrogen (secondary N) is 1. The number of carbonyl (C=O) groups is 1. The van der Waals surface area contributed by atoms with Crippen molar-refractivity contribution in [1.82, 2.24) is 10.3 Å². The molecule has 0 atom stereocenters. The highest BCUT2D eigenvalue weighted by molar-refractivity contribution is 7.23. The minimum Gasteiger partial charge on any atom is -0.390 e. The zero-order valence-corrected chi connectivity index (χ0v) is 13.4. The van der Waals surface area contributed by atoms with Gasteiger partial charge in [-0.25, -0.2) is 4.98 Å². The average Bonchev–Trinajstić information content (AvgIpc) is 2.99. The van der Waals surface area contributed by atoms with Crippen LogP contribution in [0.2, 0.25) is 0 Å². The minimum atomic E-state index is -0.0703. The lowest BCUT2D eigenvalue weighted by Crippen LogP contribution is -2.22.